The number of nitrogens with zero attached hydrogens (tertiary/aromatic N) is 3. The second kappa shape index (κ2) is 8.84. The highest BCUT2D eigenvalue weighted by atomic mass is 32.2. The molecule has 3 aromatic rings. The number of hydrogen-bond acceptors (Lipinski definition) is 5. The van der Waals surface area contributed by atoms with Gasteiger partial charge in [0.05, 0.1) is 11.8 Å². The molecule has 7 heteroatoms. The first-order valence-corrected chi connectivity index (χ1v) is 9.92. The summed E-state index contributed by atoms with van der Waals surface area (Å²) in [4.78, 5) is 24.8. The van der Waals surface area contributed by atoms with Crippen molar-refractivity contribution >= 4 is 23.5 Å². The number of benzene rings is 2. The Bertz CT molecular complexity index is 985. The number of amides is 1. The predicted molar refractivity (Wildman–Crippen MR) is 110 cm³/mol. The van der Waals surface area contributed by atoms with E-state index in [9.17, 15) is 9.59 Å². The summed E-state index contributed by atoms with van der Waals surface area (Å²) < 4.78 is 1.81. The van der Waals surface area contributed by atoms with Crippen molar-refractivity contribution in [3.8, 4) is 0 Å². The number of thioether (sulfide) groups is 1. The Hall–Kier alpha value is -2.93. The maximum Gasteiger partial charge on any atom is 0.252 e. The molecule has 1 atom stereocenters. The lowest BCUT2D eigenvalue weighted by Gasteiger charge is -2.14. The molecule has 0 saturated heterocycles. The van der Waals surface area contributed by atoms with E-state index < -0.39 is 0 Å². The summed E-state index contributed by atoms with van der Waals surface area (Å²) in [5.74, 6) is 0.801. The van der Waals surface area contributed by atoms with Gasteiger partial charge in [0, 0.05) is 18.2 Å². The maximum absolute atomic E-state index is 12.5. The highest BCUT2D eigenvalue weighted by Gasteiger charge is 2.19. The first-order valence-electron chi connectivity index (χ1n) is 8.94. The molecule has 0 saturated carbocycles. The minimum Gasteiger partial charge on any atom is -0.342 e. The van der Waals surface area contributed by atoms with Gasteiger partial charge >= 0.3 is 0 Å². The van der Waals surface area contributed by atoms with Crippen molar-refractivity contribution in [2.45, 2.75) is 25.0 Å². The van der Waals surface area contributed by atoms with Crippen LogP contribution < -0.4 is 5.32 Å². The Morgan fingerprint density at radius 3 is 2.46 bits per heavy atom. The number of carbonyl (C=O) groups is 2. The molecule has 0 spiro atoms. The highest BCUT2D eigenvalue weighted by Crippen LogP contribution is 2.20. The number of aryl methyl sites for hydroxylation is 1. The molecular formula is C21H22N4O2S. The standard InChI is InChI=1S/C21H22N4O2S/c1-14-9-7-8-12-17(14)20(27)22-15(2)19-23-24-21(25(19)3)28-13-18(26)16-10-5-4-6-11-16/h4-12,15H,13H2,1-3H3,(H,22,27)/t15-/m1/s1. The van der Waals surface area contributed by atoms with Crippen LogP contribution in [0.1, 0.15) is 45.1 Å². The molecule has 1 heterocycles. The molecule has 0 radical (unpaired) electrons. The van der Waals surface area contributed by atoms with Gasteiger partial charge in [-0.3, -0.25) is 9.59 Å². The summed E-state index contributed by atoms with van der Waals surface area (Å²) in [5.41, 5.74) is 2.23. The number of Topliss-reactive ketones (excluding diaryl/α,β-unsaturated/α-hetero) is 1. The fraction of sp³-hybridized carbons (Fsp3) is 0.238. The molecule has 3 rings (SSSR count). The van der Waals surface area contributed by atoms with Gasteiger partial charge in [-0.25, -0.2) is 0 Å². The van der Waals surface area contributed by atoms with E-state index in [0.29, 0.717) is 22.1 Å². The lowest BCUT2D eigenvalue weighted by atomic mass is 10.1. The molecule has 0 fully saturated rings. The molecule has 0 bridgehead atoms. The van der Waals surface area contributed by atoms with Gasteiger partial charge in [-0.05, 0) is 25.5 Å². The van der Waals surface area contributed by atoms with Gasteiger partial charge in [0.1, 0.15) is 0 Å². The normalized spacial score (nSPS) is 11.8. The largest absolute Gasteiger partial charge is 0.342 e. The van der Waals surface area contributed by atoms with E-state index in [1.807, 2.05) is 61.9 Å². The van der Waals surface area contributed by atoms with Crippen LogP contribution in [0.15, 0.2) is 59.8 Å². The quantitative estimate of drug-likeness (QED) is 0.489. The lowest BCUT2D eigenvalue weighted by molar-refractivity contribution is 0.0936. The van der Waals surface area contributed by atoms with E-state index in [-0.39, 0.29) is 23.5 Å². The minimum absolute atomic E-state index is 0.0380. The van der Waals surface area contributed by atoms with Crippen LogP contribution in [0.5, 0.6) is 0 Å². The van der Waals surface area contributed by atoms with Gasteiger partial charge in [0.25, 0.3) is 5.91 Å². The summed E-state index contributed by atoms with van der Waals surface area (Å²) >= 11 is 1.33. The van der Waals surface area contributed by atoms with Crippen molar-refractivity contribution in [2.75, 3.05) is 5.75 Å². The Morgan fingerprint density at radius 2 is 1.75 bits per heavy atom. The summed E-state index contributed by atoms with van der Waals surface area (Å²) in [6.45, 7) is 3.77. The van der Waals surface area contributed by atoms with E-state index in [2.05, 4.69) is 15.5 Å². The molecule has 0 aliphatic carbocycles. The van der Waals surface area contributed by atoms with E-state index in [4.69, 9.17) is 0 Å². The molecule has 1 N–H and O–H groups in total. The van der Waals surface area contributed by atoms with E-state index in [1.165, 1.54) is 11.8 Å². The first kappa shape index (κ1) is 19.8. The third-order valence-electron chi connectivity index (χ3n) is 4.42. The van der Waals surface area contributed by atoms with Gasteiger partial charge in [0.2, 0.25) is 0 Å². The van der Waals surface area contributed by atoms with Crippen LogP contribution in [-0.2, 0) is 7.05 Å². The van der Waals surface area contributed by atoms with Crippen molar-refractivity contribution in [1.29, 1.82) is 0 Å². The molecule has 0 unspecified atom stereocenters. The molecule has 2 aromatic carbocycles. The number of ketones is 1. The third-order valence-corrected chi connectivity index (χ3v) is 5.44. The Morgan fingerprint density at radius 1 is 1.07 bits per heavy atom. The van der Waals surface area contributed by atoms with Crippen LogP contribution in [-0.4, -0.2) is 32.2 Å². The molecule has 144 valence electrons. The van der Waals surface area contributed by atoms with Gasteiger partial charge in [-0.2, -0.15) is 0 Å². The highest BCUT2D eigenvalue weighted by molar-refractivity contribution is 7.99. The summed E-state index contributed by atoms with van der Waals surface area (Å²) in [5, 5.41) is 12.0. The van der Waals surface area contributed by atoms with E-state index >= 15 is 0 Å². The average Bonchev–Trinajstić information content (AvgIpc) is 3.07. The van der Waals surface area contributed by atoms with Gasteiger partial charge in [-0.15, -0.1) is 10.2 Å². The number of carbonyl (C=O) groups excluding carboxylic acids is 2. The van der Waals surface area contributed by atoms with Crippen LogP contribution in [0.2, 0.25) is 0 Å². The Kier molecular flexibility index (Phi) is 6.26. The van der Waals surface area contributed by atoms with Crippen molar-refractivity contribution < 1.29 is 9.59 Å². The van der Waals surface area contributed by atoms with Crippen LogP contribution >= 0.6 is 11.8 Å². The molecule has 6 nitrogen and oxygen atoms in total. The summed E-state index contributed by atoms with van der Waals surface area (Å²) in [6.07, 6.45) is 0. The van der Waals surface area contributed by atoms with Crippen LogP contribution in [0.25, 0.3) is 0 Å². The zero-order valence-corrected chi connectivity index (χ0v) is 16.9. The van der Waals surface area contributed by atoms with Crippen molar-refractivity contribution in [2.24, 2.45) is 7.05 Å². The number of nitrogens with one attached hydrogen (secondary N) is 1. The summed E-state index contributed by atoms with van der Waals surface area (Å²) in [7, 11) is 1.83. The average molecular weight is 395 g/mol. The molecule has 0 aliphatic rings. The second-order valence-electron chi connectivity index (χ2n) is 6.49. The van der Waals surface area contributed by atoms with Crippen LogP contribution in [0.4, 0.5) is 0 Å². The monoisotopic (exact) mass is 394 g/mol. The zero-order valence-electron chi connectivity index (χ0n) is 16.0. The fourth-order valence-corrected chi connectivity index (χ4v) is 3.65. The smallest absolute Gasteiger partial charge is 0.252 e. The van der Waals surface area contributed by atoms with E-state index in [1.54, 1.807) is 18.2 Å². The molecule has 0 aliphatic heterocycles. The SMILES string of the molecule is Cc1ccccc1C(=O)N[C@H](C)c1nnc(SCC(=O)c2ccccc2)n1C. The Labute approximate surface area is 168 Å². The van der Waals surface area contributed by atoms with Crippen LogP contribution in [0, 0.1) is 6.92 Å². The number of rotatable bonds is 7. The molecule has 28 heavy (non-hydrogen) atoms. The zero-order chi connectivity index (χ0) is 20.1. The first-order chi connectivity index (χ1) is 13.5. The van der Waals surface area contributed by atoms with Crippen molar-refractivity contribution in [1.82, 2.24) is 20.1 Å². The van der Waals surface area contributed by atoms with Gasteiger partial charge in [-0.1, -0.05) is 60.3 Å². The topological polar surface area (TPSA) is 76.9 Å². The molecular weight excluding hydrogens is 372 g/mol. The number of aromatic nitrogens is 3. The molecule has 1 aromatic heterocycles. The minimum atomic E-state index is -0.316. The predicted octanol–water partition coefficient (Wildman–Crippen LogP) is 3.59. The fourth-order valence-electron chi connectivity index (χ4n) is 2.83. The summed E-state index contributed by atoms with van der Waals surface area (Å²) in [6, 6.07) is 16.3. The van der Waals surface area contributed by atoms with Crippen molar-refractivity contribution in [3.05, 3.63) is 77.1 Å². The van der Waals surface area contributed by atoms with Gasteiger partial charge < -0.3 is 9.88 Å². The lowest BCUT2D eigenvalue weighted by Crippen LogP contribution is -2.29. The molecule has 1 amide bonds. The third kappa shape index (κ3) is 4.48. The van der Waals surface area contributed by atoms with Gasteiger partial charge in [0.15, 0.2) is 16.8 Å². The maximum atomic E-state index is 12.5. The van der Waals surface area contributed by atoms with Crippen LogP contribution in [0.3, 0.4) is 0 Å². The Balaban J connectivity index is 1.64. The number of hydrogen-bond donors (Lipinski definition) is 1. The second-order valence-corrected chi connectivity index (χ2v) is 7.43. The van der Waals surface area contributed by atoms with Crippen molar-refractivity contribution in [3.63, 3.8) is 0 Å². The van der Waals surface area contributed by atoms with E-state index in [0.717, 1.165) is 5.56 Å².